The van der Waals surface area contributed by atoms with Gasteiger partial charge >= 0.3 is 11.9 Å². The van der Waals surface area contributed by atoms with E-state index in [1.807, 2.05) is 0 Å². The van der Waals surface area contributed by atoms with Crippen molar-refractivity contribution in [3.8, 4) is 0 Å². The van der Waals surface area contributed by atoms with Gasteiger partial charge in [-0.25, -0.2) is 0 Å². The van der Waals surface area contributed by atoms with Gasteiger partial charge < -0.3 is 14.6 Å². The van der Waals surface area contributed by atoms with Gasteiger partial charge in [0.1, 0.15) is 18.0 Å². The third kappa shape index (κ3) is 5.29. The van der Waals surface area contributed by atoms with Gasteiger partial charge in [-0.05, 0) is 81.5 Å². The lowest BCUT2D eigenvalue weighted by Crippen LogP contribution is -2.57. The SMILES string of the molecule is CC(=O)O[C@@H]1CC2=CC[C@H]3[C@@H]4CC[C@H]([C@H](C)C(=O)CCC(C)(C)O)[C@@]4(C)CC[C@@H]3[C@@]2(C)[C@@H](OC(C)=O)C1. The van der Waals surface area contributed by atoms with Crippen molar-refractivity contribution < 1.29 is 29.0 Å². The van der Waals surface area contributed by atoms with Crippen molar-refractivity contribution in [2.24, 2.45) is 40.4 Å². The summed E-state index contributed by atoms with van der Waals surface area (Å²) in [6.45, 7) is 13.3. The van der Waals surface area contributed by atoms with Crippen LogP contribution < -0.4 is 0 Å². The number of allylic oxidation sites excluding steroid dienone is 1. The molecule has 4 aliphatic carbocycles. The van der Waals surface area contributed by atoms with Gasteiger partial charge in [-0.1, -0.05) is 32.4 Å². The van der Waals surface area contributed by atoms with Gasteiger partial charge in [-0.2, -0.15) is 0 Å². The Morgan fingerprint density at radius 1 is 1.08 bits per heavy atom. The standard InChI is InChI=1S/C31H48O6/c1-18(27(34)13-14-29(4,5)35)24-10-11-25-23-9-8-21-16-22(36-19(2)32)17-28(37-20(3)33)31(21,7)26(23)12-15-30(24,25)6/h8,18,22-26,28,35H,9-17H2,1-7H3/t18-,22+,23-,24+,25-,26-,28-,30+,31-/m0/s1. The second kappa shape index (κ2) is 10.1. The number of fused-ring (bicyclic) bond motifs is 5. The highest BCUT2D eigenvalue weighted by Gasteiger charge is 2.62. The van der Waals surface area contributed by atoms with E-state index in [9.17, 15) is 19.5 Å². The Kier molecular flexibility index (Phi) is 7.75. The summed E-state index contributed by atoms with van der Waals surface area (Å²) in [7, 11) is 0. The van der Waals surface area contributed by atoms with Crippen LogP contribution in [0.1, 0.15) is 106 Å². The van der Waals surface area contributed by atoms with E-state index in [0.29, 0.717) is 49.4 Å². The molecule has 0 aromatic heterocycles. The molecule has 0 aliphatic heterocycles. The molecule has 0 aromatic rings. The summed E-state index contributed by atoms with van der Waals surface area (Å²) >= 11 is 0. The van der Waals surface area contributed by atoms with Gasteiger partial charge in [0.15, 0.2) is 0 Å². The number of aliphatic hydroxyl groups is 1. The summed E-state index contributed by atoms with van der Waals surface area (Å²) in [6.07, 6.45) is 9.38. The second-order valence-electron chi connectivity index (χ2n) is 13.7. The van der Waals surface area contributed by atoms with E-state index in [2.05, 4.69) is 26.8 Å². The van der Waals surface area contributed by atoms with Gasteiger partial charge in [-0.15, -0.1) is 0 Å². The molecule has 4 rings (SSSR count). The fourth-order valence-electron chi connectivity index (χ4n) is 9.10. The van der Waals surface area contributed by atoms with Crippen LogP contribution in [0.2, 0.25) is 0 Å². The van der Waals surface area contributed by atoms with Gasteiger partial charge in [-0.3, -0.25) is 14.4 Å². The van der Waals surface area contributed by atoms with E-state index in [4.69, 9.17) is 9.47 Å². The molecule has 3 saturated carbocycles. The third-order valence-corrected chi connectivity index (χ3v) is 10.9. The van der Waals surface area contributed by atoms with Crippen molar-refractivity contribution >= 4 is 17.7 Å². The fraction of sp³-hybridized carbons (Fsp3) is 0.839. The van der Waals surface area contributed by atoms with Crippen molar-refractivity contribution in [2.45, 2.75) is 124 Å². The first-order chi connectivity index (χ1) is 17.2. The highest BCUT2D eigenvalue weighted by molar-refractivity contribution is 5.81. The van der Waals surface area contributed by atoms with Crippen molar-refractivity contribution in [2.75, 3.05) is 0 Å². The monoisotopic (exact) mass is 516 g/mol. The summed E-state index contributed by atoms with van der Waals surface area (Å²) < 4.78 is 11.6. The molecule has 0 spiro atoms. The summed E-state index contributed by atoms with van der Waals surface area (Å²) in [5.41, 5.74) is 0.340. The molecule has 0 aromatic carbocycles. The smallest absolute Gasteiger partial charge is 0.302 e. The van der Waals surface area contributed by atoms with E-state index in [0.717, 1.165) is 32.1 Å². The van der Waals surface area contributed by atoms with Crippen molar-refractivity contribution in [3.05, 3.63) is 11.6 Å². The molecular formula is C31H48O6. The molecule has 3 fully saturated rings. The lowest BCUT2D eigenvalue weighted by molar-refractivity contribution is -0.172. The van der Waals surface area contributed by atoms with Crippen LogP contribution in [0, 0.1) is 40.4 Å². The molecule has 0 heterocycles. The molecule has 0 amide bonds. The van der Waals surface area contributed by atoms with Gasteiger partial charge in [0.05, 0.1) is 5.60 Å². The minimum Gasteiger partial charge on any atom is -0.462 e. The van der Waals surface area contributed by atoms with Gasteiger partial charge in [0, 0.05) is 44.4 Å². The number of esters is 2. The molecule has 0 radical (unpaired) electrons. The first-order valence-corrected chi connectivity index (χ1v) is 14.5. The lowest BCUT2D eigenvalue weighted by atomic mass is 9.46. The molecule has 0 bridgehead atoms. The van der Waals surface area contributed by atoms with E-state index in [1.165, 1.54) is 19.4 Å². The Balaban J connectivity index is 1.57. The molecule has 0 unspecified atom stereocenters. The van der Waals surface area contributed by atoms with Gasteiger partial charge in [0.25, 0.3) is 0 Å². The molecule has 208 valence electrons. The Bertz CT molecular complexity index is 946. The molecular weight excluding hydrogens is 468 g/mol. The van der Waals surface area contributed by atoms with E-state index < -0.39 is 5.60 Å². The molecule has 1 N–H and O–H groups in total. The molecule has 9 atom stereocenters. The topological polar surface area (TPSA) is 89.9 Å². The quantitative estimate of drug-likeness (QED) is 0.340. The number of rotatable bonds is 7. The average Bonchev–Trinajstić information content (AvgIpc) is 3.13. The van der Waals surface area contributed by atoms with E-state index in [-0.39, 0.29) is 46.7 Å². The Hall–Kier alpha value is -1.69. The Morgan fingerprint density at radius 2 is 1.76 bits per heavy atom. The first kappa shape index (κ1) is 28.3. The predicted molar refractivity (Wildman–Crippen MR) is 141 cm³/mol. The van der Waals surface area contributed by atoms with Crippen LogP contribution in [0.5, 0.6) is 0 Å². The summed E-state index contributed by atoms with van der Waals surface area (Å²) in [6, 6.07) is 0. The third-order valence-electron chi connectivity index (χ3n) is 10.9. The molecule has 6 heteroatoms. The molecule has 6 nitrogen and oxygen atoms in total. The Labute approximate surface area is 222 Å². The first-order valence-electron chi connectivity index (χ1n) is 14.5. The summed E-state index contributed by atoms with van der Waals surface area (Å²) in [5.74, 6) is 1.54. The number of ether oxygens (including phenoxy) is 2. The number of Topliss-reactive ketones (excluding diaryl/α,β-unsaturated/α-hetero) is 1. The average molecular weight is 517 g/mol. The highest BCUT2D eigenvalue weighted by Crippen LogP contribution is 2.67. The maximum absolute atomic E-state index is 13.2. The number of carbonyl (C=O) groups excluding carboxylic acids is 3. The zero-order valence-electron chi connectivity index (χ0n) is 24.0. The zero-order valence-corrected chi connectivity index (χ0v) is 24.0. The lowest BCUT2D eigenvalue weighted by Gasteiger charge is -2.60. The van der Waals surface area contributed by atoms with Crippen LogP contribution in [-0.2, 0) is 23.9 Å². The largest absolute Gasteiger partial charge is 0.462 e. The van der Waals surface area contributed by atoms with Crippen LogP contribution in [0.3, 0.4) is 0 Å². The number of carbonyl (C=O) groups is 3. The van der Waals surface area contributed by atoms with E-state index >= 15 is 0 Å². The van der Waals surface area contributed by atoms with Crippen LogP contribution in [-0.4, -0.2) is 40.6 Å². The van der Waals surface area contributed by atoms with Crippen LogP contribution >= 0.6 is 0 Å². The minimum atomic E-state index is -0.815. The number of hydrogen-bond acceptors (Lipinski definition) is 6. The van der Waals surface area contributed by atoms with Crippen molar-refractivity contribution in [1.29, 1.82) is 0 Å². The van der Waals surface area contributed by atoms with Crippen molar-refractivity contribution in [3.63, 3.8) is 0 Å². The molecule has 37 heavy (non-hydrogen) atoms. The second-order valence-corrected chi connectivity index (χ2v) is 13.7. The normalized spacial score (nSPS) is 39.9. The number of ketones is 1. The fourth-order valence-corrected chi connectivity index (χ4v) is 9.10. The summed E-state index contributed by atoms with van der Waals surface area (Å²) in [5, 5.41) is 10.1. The Morgan fingerprint density at radius 3 is 2.38 bits per heavy atom. The maximum atomic E-state index is 13.2. The van der Waals surface area contributed by atoms with Crippen LogP contribution in [0.15, 0.2) is 11.6 Å². The minimum absolute atomic E-state index is 0.00661. The van der Waals surface area contributed by atoms with Crippen molar-refractivity contribution in [1.82, 2.24) is 0 Å². The van der Waals surface area contributed by atoms with Crippen LogP contribution in [0.4, 0.5) is 0 Å². The van der Waals surface area contributed by atoms with Crippen LogP contribution in [0.25, 0.3) is 0 Å². The zero-order chi connectivity index (χ0) is 27.3. The maximum Gasteiger partial charge on any atom is 0.302 e. The molecule has 4 aliphatic rings. The van der Waals surface area contributed by atoms with E-state index in [1.54, 1.807) is 13.8 Å². The highest BCUT2D eigenvalue weighted by atomic mass is 16.6. The van der Waals surface area contributed by atoms with Gasteiger partial charge in [0.2, 0.25) is 0 Å². The predicted octanol–water partition coefficient (Wildman–Crippen LogP) is 5.80. The summed E-state index contributed by atoms with van der Waals surface area (Å²) in [4.78, 5) is 37.0. The number of hydrogen-bond donors (Lipinski definition) is 1. The molecule has 0 saturated heterocycles.